The Morgan fingerprint density at radius 3 is 2.72 bits per heavy atom. The highest BCUT2D eigenvalue weighted by Gasteiger charge is 2.17. The summed E-state index contributed by atoms with van der Waals surface area (Å²) in [6.45, 7) is 0. The van der Waals surface area contributed by atoms with Gasteiger partial charge in [-0.3, -0.25) is 0 Å². The van der Waals surface area contributed by atoms with E-state index in [0.29, 0.717) is 17.4 Å². The van der Waals surface area contributed by atoms with E-state index in [9.17, 15) is 4.39 Å². The first kappa shape index (κ1) is 14.1. The van der Waals surface area contributed by atoms with Crippen LogP contribution in [0, 0.1) is 11.7 Å². The van der Waals surface area contributed by atoms with Crippen LogP contribution in [0.3, 0.4) is 0 Å². The van der Waals surface area contributed by atoms with E-state index in [1.165, 1.54) is 43.7 Å². The van der Waals surface area contributed by atoms with E-state index >= 15 is 0 Å². The first-order chi connectivity index (χ1) is 8.70. The average molecular weight is 332 g/mol. The fourth-order valence-electron chi connectivity index (χ4n) is 2.56. The van der Waals surface area contributed by atoms with Crippen LogP contribution in [0.2, 0.25) is 0 Å². The zero-order chi connectivity index (χ0) is 13.0. The Bertz CT molecular complexity index is 436. The van der Waals surface area contributed by atoms with Crippen LogP contribution < -0.4 is 0 Å². The Kier molecular flexibility index (Phi) is 5.25. The van der Waals surface area contributed by atoms with Gasteiger partial charge in [-0.15, -0.1) is 11.6 Å². The highest BCUT2D eigenvalue weighted by Crippen LogP contribution is 2.32. The van der Waals surface area contributed by atoms with E-state index in [0.717, 1.165) is 4.47 Å². The monoisotopic (exact) mass is 330 g/mol. The molecule has 0 radical (unpaired) electrons. The lowest BCUT2D eigenvalue weighted by atomic mass is 9.83. The van der Waals surface area contributed by atoms with Crippen molar-refractivity contribution in [3.8, 4) is 0 Å². The van der Waals surface area contributed by atoms with Crippen molar-refractivity contribution in [3.05, 3.63) is 39.6 Å². The molecule has 18 heavy (non-hydrogen) atoms. The molecule has 1 aromatic carbocycles. The fraction of sp³-hybridized carbons (Fsp3) is 0.467. The summed E-state index contributed by atoms with van der Waals surface area (Å²) in [7, 11) is 0. The second kappa shape index (κ2) is 6.72. The minimum atomic E-state index is -0.184. The third-order valence-electron chi connectivity index (χ3n) is 3.58. The van der Waals surface area contributed by atoms with Crippen molar-refractivity contribution in [3.63, 3.8) is 0 Å². The smallest absolute Gasteiger partial charge is 0.130 e. The summed E-state index contributed by atoms with van der Waals surface area (Å²) >= 11 is 9.42. The number of halogens is 3. The molecule has 0 bridgehead atoms. The molecule has 1 aliphatic rings. The highest BCUT2D eigenvalue weighted by atomic mass is 79.9. The maximum absolute atomic E-state index is 13.7. The molecular formula is C15H17BrClF. The lowest BCUT2D eigenvalue weighted by Crippen LogP contribution is -2.10. The van der Waals surface area contributed by atoms with Crippen molar-refractivity contribution in [1.29, 1.82) is 0 Å². The standard InChI is InChI=1S/C15H17BrClF/c16-14-6-7-15(18)12(9-14)8-13(10-17)11-4-2-1-3-5-11/h6-9,11H,1-5,10H2. The van der Waals surface area contributed by atoms with Gasteiger partial charge in [-0.25, -0.2) is 4.39 Å². The Hall–Kier alpha value is -0.340. The molecule has 0 spiro atoms. The second-order valence-electron chi connectivity index (χ2n) is 4.85. The van der Waals surface area contributed by atoms with Crippen LogP contribution >= 0.6 is 27.5 Å². The van der Waals surface area contributed by atoms with Gasteiger partial charge in [-0.1, -0.05) is 46.8 Å². The van der Waals surface area contributed by atoms with Crippen molar-refractivity contribution in [2.45, 2.75) is 32.1 Å². The molecule has 1 saturated carbocycles. The average Bonchev–Trinajstić information content (AvgIpc) is 2.41. The molecule has 0 aromatic heterocycles. The van der Waals surface area contributed by atoms with Crippen LogP contribution in [-0.4, -0.2) is 5.88 Å². The van der Waals surface area contributed by atoms with Gasteiger partial charge >= 0.3 is 0 Å². The molecule has 0 N–H and O–H groups in total. The normalized spacial score (nSPS) is 18.1. The number of allylic oxidation sites excluding steroid dienone is 1. The molecule has 0 nitrogen and oxygen atoms in total. The molecule has 0 saturated heterocycles. The SMILES string of the molecule is Fc1ccc(Br)cc1C=C(CCl)C1CCCCC1. The van der Waals surface area contributed by atoms with Crippen LogP contribution in [0.15, 0.2) is 28.2 Å². The quantitative estimate of drug-likeness (QED) is 0.615. The van der Waals surface area contributed by atoms with Crippen molar-refractivity contribution in [2.24, 2.45) is 5.92 Å². The number of alkyl halides is 1. The minimum absolute atomic E-state index is 0.184. The molecule has 0 unspecified atom stereocenters. The minimum Gasteiger partial charge on any atom is -0.206 e. The molecule has 1 aromatic rings. The van der Waals surface area contributed by atoms with Gasteiger partial charge < -0.3 is 0 Å². The van der Waals surface area contributed by atoms with Gasteiger partial charge in [0.15, 0.2) is 0 Å². The van der Waals surface area contributed by atoms with E-state index < -0.39 is 0 Å². The first-order valence-electron chi connectivity index (χ1n) is 6.42. The predicted molar refractivity (Wildman–Crippen MR) is 79.4 cm³/mol. The topological polar surface area (TPSA) is 0 Å². The molecule has 0 heterocycles. The lowest BCUT2D eigenvalue weighted by Gasteiger charge is -2.23. The third-order valence-corrected chi connectivity index (χ3v) is 4.38. The number of rotatable bonds is 3. The summed E-state index contributed by atoms with van der Waals surface area (Å²) in [5.74, 6) is 0.850. The molecule has 3 heteroatoms. The Balaban J connectivity index is 2.24. The van der Waals surface area contributed by atoms with E-state index in [4.69, 9.17) is 11.6 Å². The van der Waals surface area contributed by atoms with Crippen LogP contribution in [0.5, 0.6) is 0 Å². The summed E-state index contributed by atoms with van der Waals surface area (Å²) < 4.78 is 14.6. The maximum Gasteiger partial charge on any atom is 0.130 e. The molecular weight excluding hydrogens is 315 g/mol. The molecule has 0 aliphatic heterocycles. The number of hydrogen-bond acceptors (Lipinski definition) is 0. The summed E-state index contributed by atoms with van der Waals surface area (Å²) in [4.78, 5) is 0. The largest absolute Gasteiger partial charge is 0.206 e. The first-order valence-corrected chi connectivity index (χ1v) is 7.75. The zero-order valence-corrected chi connectivity index (χ0v) is 12.6. The molecule has 1 fully saturated rings. The van der Waals surface area contributed by atoms with Crippen molar-refractivity contribution < 1.29 is 4.39 Å². The Labute approximate surface area is 121 Å². The van der Waals surface area contributed by atoms with Gasteiger partial charge in [0, 0.05) is 15.9 Å². The summed E-state index contributed by atoms with van der Waals surface area (Å²) in [5.41, 5.74) is 1.80. The van der Waals surface area contributed by atoms with Gasteiger partial charge in [0.1, 0.15) is 5.82 Å². The highest BCUT2D eigenvalue weighted by molar-refractivity contribution is 9.10. The van der Waals surface area contributed by atoms with Crippen LogP contribution in [0.4, 0.5) is 4.39 Å². The molecule has 2 rings (SSSR count). The number of benzene rings is 1. The van der Waals surface area contributed by atoms with E-state index in [2.05, 4.69) is 15.9 Å². The van der Waals surface area contributed by atoms with Crippen LogP contribution in [-0.2, 0) is 0 Å². The predicted octanol–water partition coefficient (Wildman–Crippen LogP) is 5.79. The van der Waals surface area contributed by atoms with Crippen molar-refractivity contribution in [2.75, 3.05) is 5.88 Å². The van der Waals surface area contributed by atoms with Gasteiger partial charge in [0.05, 0.1) is 0 Å². The zero-order valence-electron chi connectivity index (χ0n) is 10.3. The van der Waals surface area contributed by atoms with Crippen molar-refractivity contribution in [1.82, 2.24) is 0 Å². The summed E-state index contributed by atoms with van der Waals surface area (Å²) in [6.07, 6.45) is 8.16. The Morgan fingerprint density at radius 2 is 2.06 bits per heavy atom. The van der Waals surface area contributed by atoms with Gasteiger partial charge in [0.25, 0.3) is 0 Å². The summed E-state index contributed by atoms with van der Waals surface area (Å²) in [6, 6.07) is 5.01. The van der Waals surface area contributed by atoms with E-state index in [1.807, 2.05) is 12.1 Å². The van der Waals surface area contributed by atoms with E-state index in [1.54, 1.807) is 6.07 Å². The van der Waals surface area contributed by atoms with E-state index in [-0.39, 0.29) is 5.82 Å². The Morgan fingerprint density at radius 1 is 1.33 bits per heavy atom. The van der Waals surface area contributed by atoms with Crippen LogP contribution in [0.1, 0.15) is 37.7 Å². The lowest BCUT2D eigenvalue weighted by molar-refractivity contribution is 0.405. The van der Waals surface area contributed by atoms with Gasteiger partial charge in [-0.05, 0) is 37.0 Å². The van der Waals surface area contributed by atoms with Crippen LogP contribution in [0.25, 0.3) is 6.08 Å². The van der Waals surface area contributed by atoms with Crippen molar-refractivity contribution >= 4 is 33.6 Å². The van der Waals surface area contributed by atoms with Gasteiger partial charge in [0.2, 0.25) is 0 Å². The molecule has 1 aliphatic carbocycles. The molecule has 98 valence electrons. The number of hydrogen-bond donors (Lipinski definition) is 0. The third kappa shape index (κ3) is 3.58. The molecule has 0 atom stereocenters. The molecule has 0 amide bonds. The summed E-state index contributed by atoms with van der Waals surface area (Å²) in [5, 5.41) is 0. The van der Waals surface area contributed by atoms with Gasteiger partial charge in [-0.2, -0.15) is 0 Å². The maximum atomic E-state index is 13.7. The second-order valence-corrected chi connectivity index (χ2v) is 6.04. The fourth-order valence-corrected chi connectivity index (χ4v) is 3.24.